The lowest BCUT2D eigenvalue weighted by Gasteiger charge is -2.28. The standard InChI is InChI=1S/C19H28N4O2/c1-22(14-15-5-3-2-4-6-15)19(25)21-12-10-18(24)23-16-7-8-17(23)13-20-11-9-16/h2-6,16-17,20H,7-14H2,1H3,(H,21,25). The van der Waals surface area contributed by atoms with Gasteiger partial charge in [-0.1, -0.05) is 30.3 Å². The van der Waals surface area contributed by atoms with E-state index in [0.29, 0.717) is 31.6 Å². The molecule has 3 amide bonds. The van der Waals surface area contributed by atoms with Crippen molar-refractivity contribution in [3.8, 4) is 0 Å². The summed E-state index contributed by atoms with van der Waals surface area (Å²) in [6.07, 6.45) is 3.62. The number of carbonyl (C=O) groups is 2. The largest absolute Gasteiger partial charge is 0.337 e. The molecule has 2 bridgehead atoms. The van der Waals surface area contributed by atoms with Crippen LogP contribution in [0.15, 0.2) is 30.3 Å². The van der Waals surface area contributed by atoms with Crippen molar-refractivity contribution in [2.75, 3.05) is 26.7 Å². The fourth-order valence-electron chi connectivity index (χ4n) is 3.86. The summed E-state index contributed by atoms with van der Waals surface area (Å²) in [7, 11) is 1.77. The Morgan fingerprint density at radius 3 is 2.76 bits per heavy atom. The number of hydrogen-bond acceptors (Lipinski definition) is 3. The molecule has 2 unspecified atom stereocenters. The molecular weight excluding hydrogens is 316 g/mol. The lowest BCUT2D eigenvalue weighted by molar-refractivity contribution is -0.133. The zero-order chi connectivity index (χ0) is 17.6. The zero-order valence-corrected chi connectivity index (χ0v) is 14.9. The van der Waals surface area contributed by atoms with E-state index in [0.717, 1.165) is 37.9 Å². The van der Waals surface area contributed by atoms with Crippen molar-refractivity contribution in [2.45, 2.75) is 44.3 Å². The number of benzene rings is 1. The molecule has 2 aliphatic rings. The molecule has 6 heteroatoms. The van der Waals surface area contributed by atoms with E-state index in [-0.39, 0.29) is 11.9 Å². The molecule has 3 rings (SSSR count). The molecule has 0 aliphatic carbocycles. The van der Waals surface area contributed by atoms with Crippen molar-refractivity contribution < 1.29 is 9.59 Å². The second-order valence-corrected chi connectivity index (χ2v) is 7.00. The minimum Gasteiger partial charge on any atom is -0.337 e. The number of carbonyl (C=O) groups excluding carboxylic acids is 2. The fraction of sp³-hybridized carbons (Fsp3) is 0.579. The number of rotatable bonds is 5. The van der Waals surface area contributed by atoms with Crippen molar-refractivity contribution in [1.29, 1.82) is 0 Å². The molecule has 2 aliphatic heterocycles. The predicted octanol–water partition coefficient (Wildman–Crippen LogP) is 1.57. The van der Waals surface area contributed by atoms with Gasteiger partial charge in [-0.25, -0.2) is 4.79 Å². The number of nitrogens with zero attached hydrogens (tertiary/aromatic N) is 2. The Balaban J connectivity index is 1.42. The Morgan fingerprint density at radius 2 is 1.96 bits per heavy atom. The minimum atomic E-state index is -0.142. The molecule has 2 atom stereocenters. The number of fused-ring (bicyclic) bond motifs is 2. The molecule has 1 aromatic carbocycles. The first-order chi connectivity index (χ1) is 12.1. The Bertz CT molecular complexity index is 578. The van der Waals surface area contributed by atoms with Crippen molar-refractivity contribution in [3.63, 3.8) is 0 Å². The normalized spacial score (nSPS) is 22.4. The van der Waals surface area contributed by atoms with E-state index in [4.69, 9.17) is 0 Å². The summed E-state index contributed by atoms with van der Waals surface area (Å²) >= 11 is 0. The highest BCUT2D eigenvalue weighted by atomic mass is 16.2. The third-order valence-electron chi connectivity index (χ3n) is 5.17. The summed E-state index contributed by atoms with van der Waals surface area (Å²) in [6.45, 7) is 2.84. The second kappa shape index (κ2) is 8.34. The smallest absolute Gasteiger partial charge is 0.317 e. The third kappa shape index (κ3) is 4.51. The summed E-state index contributed by atoms with van der Waals surface area (Å²) in [5, 5.41) is 6.27. The van der Waals surface area contributed by atoms with Crippen LogP contribution in [0.25, 0.3) is 0 Å². The van der Waals surface area contributed by atoms with Crippen LogP contribution in [0.3, 0.4) is 0 Å². The summed E-state index contributed by atoms with van der Waals surface area (Å²) in [5.74, 6) is 0.169. The van der Waals surface area contributed by atoms with Crippen molar-refractivity contribution in [1.82, 2.24) is 20.4 Å². The Hall–Kier alpha value is -2.08. The van der Waals surface area contributed by atoms with Gasteiger partial charge >= 0.3 is 6.03 Å². The lowest BCUT2D eigenvalue weighted by atomic mass is 10.1. The predicted molar refractivity (Wildman–Crippen MR) is 97.1 cm³/mol. The molecule has 0 spiro atoms. The molecular formula is C19H28N4O2. The van der Waals surface area contributed by atoms with Gasteiger partial charge in [0, 0.05) is 45.2 Å². The van der Waals surface area contributed by atoms with E-state index in [1.807, 2.05) is 30.3 Å². The molecule has 25 heavy (non-hydrogen) atoms. The van der Waals surface area contributed by atoms with Crippen LogP contribution in [0.2, 0.25) is 0 Å². The van der Waals surface area contributed by atoms with Crippen molar-refractivity contribution in [2.24, 2.45) is 0 Å². The third-order valence-corrected chi connectivity index (χ3v) is 5.17. The van der Waals surface area contributed by atoms with Crippen LogP contribution in [0, 0.1) is 0 Å². The van der Waals surface area contributed by atoms with E-state index in [1.54, 1.807) is 11.9 Å². The van der Waals surface area contributed by atoms with Gasteiger partial charge in [0.1, 0.15) is 0 Å². The van der Waals surface area contributed by atoms with Crippen molar-refractivity contribution >= 4 is 11.9 Å². The quantitative estimate of drug-likeness (QED) is 0.852. The summed E-state index contributed by atoms with van der Waals surface area (Å²) in [6, 6.07) is 10.4. The first-order valence-corrected chi connectivity index (χ1v) is 9.20. The highest BCUT2D eigenvalue weighted by molar-refractivity contribution is 5.79. The van der Waals surface area contributed by atoms with Crippen LogP contribution in [0.1, 0.15) is 31.2 Å². The molecule has 0 radical (unpaired) electrons. The molecule has 6 nitrogen and oxygen atoms in total. The monoisotopic (exact) mass is 344 g/mol. The number of urea groups is 1. The first kappa shape index (κ1) is 17.7. The van der Waals surface area contributed by atoms with Gasteiger partial charge in [0.05, 0.1) is 0 Å². The van der Waals surface area contributed by atoms with Gasteiger partial charge in [0.25, 0.3) is 0 Å². The first-order valence-electron chi connectivity index (χ1n) is 9.20. The van der Waals surface area contributed by atoms with Crippen molar-refractivity contribution in [3.05, 3.63) is 35.9 Å². The minimum absolute atomic E-state index is 0.142. The van der Waals surface area contributed by atoms with Gasteiger partial charge in [0.2, 0.25) is 5.91 Å². The van der Waals surface area contributed by atoms with Gasteiger partial charge in [-0.15, -0.1) is 0 Å². The van der Waals surface area contributed by atoms with E-state index in [9.17, 15) is 9.59 Å². The molecule has 2 saturated heterocycles. The van der Waals surface area contributed by atoms with Crippen LogP contribution >= 0.6 is 0 Å². The topological polar surface area (TPSA) is 64.7 Å². The summed E-state index contributed by atoms with van der Waals surface area (Å²) in [4.78, 5) is 28.5. The average molecular weight is 344 g/mol. The Labute approximate surface area is 149 Å². The van der Waals surface area contributed by atoms with E-state index in [1.165, 1.54) is 0 Å². The van der Waals surface area contributed by atoms with Crippen LogP contribution in [-0.2, 0) is 11.3 Å². The van der Waals surface area contributed by atoms with E-state index in [2.05, 4.69) is 15.5 Å². The van der Waals surface area contributed by atoms with Gasteiger partial charge in [-0.05, 0) is 31.4 Å². The fourth-order valence-corrected chi connectivity index (χ4v) is 3.86. The Kier molecular flexibility index (Phi) is 5.91. The lowest BCUT2D eigenvalue weighted by Crippen LogP contribution is -2.44. The van der Waals surface area contributed by atoms with Crippen LogP contribution in [0.5, 0.6) is 0 Å². The zero-order valence-electron chi connectivity index (χ0n) is 14.9. The van der Waals surface area contributed by atoms with Gasteiger partial charge in [0.15, 0.2) is 0 Å². The average Bonchev–Trinajstić information content (AvgIpc) is 2.88. The van der Waals surface area contributed by atoms with Gasteiger partial charge in [-0.2, -0.15) is 0 Å². The maximum atomic E-state index is 12.6. The maximum Gasteiger partial charge on any atom is 0.317 e. The van der Waals surface area contributed by atoms with Gasteiger partial charge in [-0.3, -0.25) is 4.79 Å². The van der Waals surface area contributed by atoms with E-state index >= 15 is 0 Å². The SMILES string of the molecule is CN(Cc1ccccc1)C(=O)NCCC(=O)N1C2CCNCC1CC2. The van der Waals surface area contributed by atoms with Crippen LogP contribution < -0.4 is 10.6 Å². The molecule has 0 aromatic heterocycles. The molecule has 2 N–H and O–H groups in total. The molecule has 136 valence electrons. The number of hydrogen-bond donors (Lipinski definition) is 2. The number of nitrogens with one attached hydrogen (secondary N) is 2. The number of amides is 3. The highest BCUT2D eigenvalue weighted by Gasteiger charge is 2.37. The van der Waals surface area contributed by atoms with Gasteiger partial charge < -0.3 is 20.4 Å². The highest BCUT2D eigenvalue weighted by Crippen LogP contribution is 2.28. The molecule has 2 fully saturated rings. The summed E-state index contributed by atoms with van der Waals surface area (Å²) < 4.78 is 0. The molecule has 1 aromatic rings. The van der Waals surface area contributed by atoms with Crippen LogP contribution in [0.4, 0.5) is 4.79 Å². The second-order valence-electron chi connectivity index (χ2n) is 7.00. The van der Waals surface area contributed by atoms with E-state index < -0.39 is 0 Å². The van der Waals surface area contributed by atoms with Crippen LogP contribution in [-0.4, -0.2) is 60.5 Å². The summed E-state index contributed by atoms with van der Waals surface area (Å²) in [5.41, 5.74) is 1.09. The maximum absolute atomic E-state index is 12.6. The Morgan fingerprint density at radius 1 is 1.20 bits per heavy atom. The molecule has 0 saturated carbocycles. The molecule has 2 heterocycles.